The van der Waals surface area contributed by atoms with Crippen molar-refractivity contribution in [3.8, 4) is 0 Å². The van der Waals surface area contributed by atoms with Gasteiger partial charge in [0.2, 0.25) is 0 Å². The van der Waals surface area contributed by atoms with E-state index in [0.717, 1.165) is 26.3 Å². The Bertz CT molecular complexity index is 145. The van der Waals surface area contributed by atoms with Crippen molar-refractivity contribution in [3.05, 3.63) is 0 Å². The van der Waals surface area contributed by atoms with E-state index in [9.17, 15) is 0 Å². The monoisotopic (exact) mass is 171 g/mol. The summed E-state index contributed by atoms with van der Waals surface area (Å²) in [5.74, 6) is 0. The predicted molar refractivity (Wildman–Crippen MR) is 46.2 cm³/mol. The zero-order valence-corrected chi connectivity index (χ0v) is 7.66. The molecular formula is C9H17NO2. The topological polar surface area (TPSA) is 21.7 Å². The first-order valence-electron chi connectivity index (χ1n) is 4.78. The maximum atomic E-state index is 5.67. The van der Waals surface area contributed by atoms with Gasteiger partial charge < -0.3 is 14.4 Å². The van der Waals surface area contributed by atoms with Gasteiger partial charge in [-0.3, -0.25) is 0 Å². The molecule has 3 heteroatoms. The predicted octanol–water partition coefficient (Wildman–Crippen LogP) is 0.496. The highest BCUT2D eigenvalue weighted by Gasteiger charge is 2.29. The molecule has 0 aromatic carbocycles. The standard InChI is InChI=1S/C9H17NO2/c1-10-4-6-12-9(7-10)8-3-2-5-11-8/h8-9H,2-7H2,1H3/t8-,9+/m0/s1. The highest BCUT2D eigenvalue weighted by molar-refractivity contribution is 4.80. The van der Waals surface area contributed by atoms with E-state index in [1.165, 1.54) is 12.8 Å². The van der Waals surface area contributed by atoms with Crippen molar-refractivity contribution in [2.75, 3.05) is 33.4 Å². The normalized spacial score (nSPS) is 38.8. The molecule has 0 amide bonds. The lowest BCUT2D eigenvalue weighted by molar-refractivity contribution is -0.0891. The summed E-state index contributed by atoms with van der Waals surface area (Å²) in [7, 11) is 2.14. The molecule has 0 unspecified atom stereocenters. The summed E-state index contributed by atoms with van der Waals surface area (Å²) in [4.78, 5) is 2.32. The first-order valence-corrected chi connectivity index (χ1v) is 4.78. The second-order valence-corrected chi connectivity index (χ2v) is 3.72. The van der Waals surface area contributed by atoms with Crippen LogP contribution in [-0.2, 0) is 9.47 Å². The number of morpholine rings is 1. The Kier molecular flexibility index (Phi) is 2.63. The van der Waals surface area contributed by atoms with Crippen molar-refractivity contribution < 1.29 is 9.47 Å². The van der Waals surface area contributed by atoms with Crippen LogP contribution in [0.2, 0.25) is 0 Å². The molecule has 2 aliphatic heterocycles. The van der Waals surface area contributed by atoms with Gasteiger partial charge in [-0.25, -0.2) is 0 Å². The van der Waals surface area contributed by atoms with Gasteiger partial charge in [0.1, 0.15) is 0 Å². The second kappa shape index (κ2) is 3.73. The molecular weight excluding hydrogens is 154 g/mol. The van der Waals surface area contributed by atoms with Crippen LogP contribution >= 0.6 is 0 Å². The number of nitrogens with zero attached hydrogens (tertiary/aromatic N) is 1. The van der Waals surface area contributed by atoms with E-state index in [1.807, 2.05) is 0 Å². The van der Waals surface area contributed by atoms with Crippen molar-refractivity contribution in [1.29, 1.82) is 0 Å². The Morgan fingerprint density at radius 2 is 2.00 bits per heavy atom. The minimum Gasteiger partial charge on any atom is -0.375 e. The van der Waals surface area contributed by atoms with Gasteiger partial charge >= 0.3 is 0 Å². The average molecular weight is 171 g/mol. The van der Waals surface area contributed by atoms with E-state index in [2.05, 4.69) is 11.9 Å². The molecule has 0 spiro atoms. The SMILES string of the molecule is CN1CCO[C@@H]([C@@H]2CCCO2)C1. The fourth-order valence-corrected chi connectivity index (χ4v) is 1.93. The van der Waals surface area contributed by atoms with Crippen molar-refractivity contribution in [2.45, 2.75) is 25.0 Å². The molecule has 0 aliphatic carbocycles. The van der Waals surface area contributed by atoms with Crippen LogP contribution in [0.1, 0.15) is 12.8 Å². The van der Waals surface area contributed by atoms with Gasteiger partial charge in [-0.2, -0.15) is 0 Å². The van der Waals surface area contributed by atoms with Gasteiger partial charge in [0.05, 0.1) is 18.8 Å². The van der Waals surface area contributed by atoms with Crippen LogP contribution in [0.5, 0.6) is 0 Å². The minimum atomic E-state index is 0.325. The molecule has 0 radical (unpaired) electrons. The number of hydrogen-bond donors (Lipinski definition) is 0. The third-order valence-corrected chi connectivity index (χ3v) is 2.68. The summed E-state index contributed by atoms with van der Waals surface area (Å²) in [6.45, 7) is 3.88. The summed E-state index contributed by atoms with van der Waals surface area (Å²) in [6, 6.07) is 0. The molecule has 2 atom stereocenters. The van der Waals surface area contributed by atoms with E-state index >= 15 is 0 Å². The van der Waals surface area contributed by atoms with Crippen LogP contribution < -0.4 is 0 Å². The third kappa shape index (κ3) is 1.79. The summed E-state index contributed by atoms with van der Waals surface area (Å²) in [5.41, 5.74) is 0. The summed E-state index contributed by atoms with van der Waals surface area (Å²) in [6.07, 6.45) is 3.08. The molecule has 3 nitrogen and oxygen atoms in total. The molecule has 0 aromatic heterocycles. The number of rotatable bonds is 1. The Morgan fingerprint density at radius 1 is 1.17 bits per heavy atom. The third-order valence-electron chi connectivity index (χ3n) is 2.68. The van der Waals surface area contributed by atoms with Crippen LogP contribution in [0.25, 0.3) is 0 Å². The lowest BCUT2D eigenvalue weighted by atomic mass is 10.1. The van der Waals surface area contributed by atoms with Crippen molar-refractivity contribution in [2.24, 2.45) is 0 Å². The smallest absolute Gasteiger partial charge is 0.0963 e. The van der Waals surface area contributed by atoms with Crippen LogP contribution in [0.4, 0.5) is 0 Å². The highest BCUT2D eigenvalue weighted by atomic mass is 16.5. The van der Waals surface area contributed by atoms with E-state index in [1.54, 1.807) is 0 Å². The Labute approximate surface area is 73.6 Å². The van der Waals surface area contributed by atoms with Crippen molar-refractivity contribution >= 4 is 0 Å². The van der Waals surface area contributed by atoms with E-state index in [-0.39, 0.29) is 0 Å². The molecule has 2 saturated heterocycles. The van der Waals surface area contributed by atoms with Gasteiger partial charge in [0.15, 0.2) is 0 Å². The largest absolute Gasteiger partial charge is 0.375 e. The van der Waals surface area contributed by atoms with E-state index < -0.39 is 0 Å². The molecule has 0 aromatic rings. The number of hydrogen-bond acceptors (Lipinski definition) is 3. The van der Waals surface area contributed by atoms with E-state index in [0.29, 0.717) is 12.2 Å². The lowest BCUT2D eigenvalue weighted by Crippen LogP contribution is -2.45. The van der Waals surface area contributed by atoms with E-state index in [4.69, 9.17) is 9.47 Å². The molecule has 2 rings (SSSR count). The van der Waals surface area contributed by atoms with Crippen molar-refractivity contribution in [3.63, 3.8) is 0 Å². The summed E-state index contributed by atoms with van der Waals surface area (Å²) >= 11 is 0. The minimum absolute atomic E-state index is 0.325. The molecule has 70 valence electrons. The highest BCUT2D eigenvalue weighted by Crippen LogP contribution is 2.20. The maximum absolute atomic E-state index is 5.67. The quantitative estimate of drug-likeness (QED) is 0.573. The van der Waals surface area contributed by atoms with Gasteiger partial charge in [-0.05, 0) is 19.9 Å². The molecule has 0 saturated carbocycles. The van der Waals surface area contributed by atoms with Crippen LogP contribution in [0.15, 0.2) is 0 Å². The second-order valence-electron chi connectivity index (χ2n) is 3.72. The van der Waals surface area contributed by atoms with Crippen molar-refractivity contribution in [1.82, 2.24) is 4.90 Å². The first kappa shape index (κ1) is 8.48. The van der Waals surface area contributed by atoms with Gasteiger partial charge in [-0.15, -0.1) is 0 Å². The average Bonchev–Trinajstić information content (AvgIpc) is 2.56. The van der Waals surface area contributed by atoms with Gasteiger partial charge in [0, 0.05) is 19.7 Å². The molecule has 2 fully saturated rings. The van der Waals surface area contributed by atoms with Crippen LogP contribution in [0.3, 0.4) is 0 Å². The van der Waals surface area contributed by atoms with Crippen LogP contribution in [-0.4, -0.2) is 50.5 Å². The first-order chi connectivity index (χ1) is 5.86. The zero-order chi connectivity index (χ0) is 8.39. The van der Waals surface area contributed by atoms with Gasteiger partial charge in [-0.1, -0.05) is 0 Å². The Hall–Kier alpha value is -0.120. The summed E-state index contributed by atoms with van der Waals surface area (Å²) < 4.78 is 11.3. The molecule has 0 bridgehead atoms. The van der Waals surface area contributed by atoms with Gasteiger partial charge in [0.25, 0.3) is 0 Å². The number of likely N-dealkylation sites (N-methyl/N-ethyl adjacent to an activating group) is 1. The van der Waals surface area contributed by atoms with Crippen LogP contribution in [0, 0.1) is 0 Å². The maximum Gasteiger partial charge on any atom is 0.0963 e. The molecule has 2 heterocycles. The molecule has 0 N–H and O–H groups in total. The summed E-state index contributed by atoms with van der Waals surface area (Å²) in [5, 5.41) is 0. The zero-order valence-electron chi connectivity index (χ0n) is 7.66. The number of ether oxygens (including phenoxy) is 2. The molecule has 12 heavy (non-hydrogen) atoms. The fraction of sp³-hybridized carbons (Fsp3) is 1.00. The Balaban J connectivity index is 1.85. The molecule has 2 aliphatic rings. The Morgan fingerprint density at radius 3 is 2.67 bits per heavy atom. The lowest BCUT2D eigenvalue weighted by Gasteiger charge is -2.32. The fourth-order valence-electron chi connectivity index (χ4n) is 1.93.